The molecule has 1 aliphatic heterocycles. The third-order valence-corrected chi connectivity index (χ3v) is 4.32. The highest BCUT2D eigenvalue weighted by atomic mass is 16.2. The van der Waals surface area contributed by atoms with Crippen LogP contribution in [0.2, 0.25) is 0 Å². The summed E-state index contributed by atoms with van der Waals surface area (Å²) >= 11 is 0. The summed E-state index contributed by atoms with van der Waals surface area (Å²) in [7, 11) is 0. The van der Waals surface area contributed by atoms with E-state index >= 15 is 0 Å². The van der Waals surface area contributed by atoms with Crippen LogP contribution in [0.1, 0.15) is 37.4 Å². The number of likely N-dealkylation sites (tertiary alicyclic amines) is 1. The zero-order valence-corrected chi connectivity index (χ0v) is 14.1. The Balaban J connectivity index is 1.87. The number of nitrogens with one attached hydrogen (secondary N) is 1. The molecule has 0 aromatic heterocycles. The molecule has 24 heavy (non-hydrogen) atoms. The first kappa shape index (κ1) is 16.4. The fourth-order valence-electron chi connectivity index (χ4n) is 3.09. The first-order valence-electron chi connectivity index (χ1n) is 8.33. The Morgan fingerprint density at radius 1 is 1.04 bits per heavy atom. The van der Waals surface area contributed by atoms with E-state index in [2.05, 4.69) is 39.7 Å². The van der Waals surface area contributed by atoms with Gasteiger partial charge >= 0.3 is 0 Å². The second-order valence-corrected chi connectivity index (χ2v) is 6.30. The van der Waals surface area contributed by atoms with Crippen LogP contribution in [0, 0.1) is 0 Å². The summed E-state index contributed by atoms with van der Waals surface area (Å²) in [5, 5.41) is 4.06. The van der Waals surface area contributed by atoms with E-state index in [9.17, 15) is 4.79 Å². The minimum absolute atomic E-state index is 0.0284. The highest BCUT2D eigenvalue weighted by Crippen LogP contribution is 2.35. The van der Waals surface area contributed by atoms with Crippen LogP contribution in [-0.2, 0) is 4.79 Å². The van der Waals surface area contributed by atoms with Gasteiger partial charge in [0.05, 0.1) is 12.1 Å². The maximum Gasteiger partial charge on any atom is 0.257 e. The first-order valence-corrected chi connectivity index (χ1v) is 8.33. The molecule has 1 fully saturated rings. The van der Waals surface area contributed by atoms with Gasteiger partial charge in [0.2, 0.25) is 0 Å². The minimum Gasteiger partial charge on any atom is -0.281 e. The van der Waals surface area contributed by atoms with Gasteiger partial charge in [0.15, 0.2) is 0 Å². The van der Waals surface area contributed by atoms with Gasteiger partial charge in [-0.25, -0.2) is 5.43 Å². The molecule has 2 aromatic carbocycles. The van der Waals surface area contributed by atoms with Crippen molar-refractivity contribution in [2.45, 2.75) is 32.4 Å². The van der Waals surface area contributed by atoms with Crippen molar-refractivity contribution in [2.24, 2.45) is 5.10 Å². The lowest BCUT2D eigenvalue weighted by atomic mass is 9.90. The zero-order valence-electron chi connectivity index (χ0n) is 14.1. The van der Waals surface area contributed by atoms with E-state index in [4.69, 9.17) is 0 Å². The molecule has 0 bridgehead atoms. The maximum absolute atomic E-state index is 12.4. The average molecular weight is 321 g/mol. The van der Waals surface area contributed by atoms with Crippen molar-refractivity contribution in [3.05, 3.63) is 71.8 Å². The quantitative estimate of drug-likeness (QED) is 0.678. The highest BCUT2D eigenvalue weighted by molar-refractivity contribution is 5.85. The first-order chi connectivity index (χ1) is 11.7. The smallest absolute Gasteiger partial charge is 0.257 e. The average Bonchev–Trinajstić information content (AvgIpc) is 2.58. The van der Waals surface area contributed by atoms with Gasteiger partial charge in [-0.1, -0.05) is 60.7 Å². The Morgan fingerprint density at radius 3 is 2.00 bits per heavy atom. The van der Waals surface area contributed by atoms with Gasteiger partial charge in [0, 0.05) is 12.3 Å². The van der Waals surface area contributed by atoms with Crippen LogP contribution >= 0.6 is 0 Å². The topological polar surface area (TPSA) is 44.7 Å². The molecule has 1 N–H and O–H groups in total. The van der Waals surface area contributed by atoms with Gasteiger partial charge in [0.25, 0.3) is 5.91 Å². The molecule has 1 amide bonds. The molecule has 1 saturated heterocycles. The molecule has 0 saturated carbocycles. The summed E-state index contributed by atoms with van der Waals surface area (Å²) in [5.74, 6) is -0.0284. The number of hydrazone groups is 1. The molecule has 3 rings (SSSR count). The number of hydrogen-bond acceptors (Lipinski definition) is 3. The van der Waals surface area contributed by atoms with Crippen LogP contribution in [0.25, 0.3) is 0 Å². The molecule has 0 aliphatic carbocycles. The number of nitrogens with zero attached hydrogens (tertiary/aromatic N) is 2. The number of carbonyl (C=O) groups is 1. The Kier molecular flexibility index (Phi) is 5.06. The van der Waals surface area contributed by atoms with E-state index in [0.717, 1.165) is 18.7 Å². The summed E-state index contributed by atoms with van der Waals surface area (Å²) in [5.41, 5.74) is 5.93. The van der Waals surface area contributed by atoms with Crippen LogP contribution in [0.15, 0.2) is 65.8 Å². The lowest BCUT2D eigenvalue weighted by Gasteiger charge is -2.45. The van der Waals surface area contributed by atoms with Crippen molar-refractivity contribution in [1.29, 1.82) is 0 Å². The summed E-state index contributed by atoms with van der Waals surface area (Å²) < 4.78 is 0. The van der Waals surface area contributed by atoms with Crippen molar-refractivity contribution < 1.29 is 4.79 Å². The van der Waals surface area contributed by atoms with Crippen LogP contribution in [-0.4, -0.2) is 29.1 Å². The number of amides is 1. The molecule has 4 nitrogen and oxygen atoms in total. The summed E-state index contributed by atoms with van der Waals surface area (Å²) in [6.45, 7) is 4.65. The fourth-order valence-corrected chi connectivity index (χ4v) is 3.09. The van der Waals surface area contributed by atoms with E-state index in [1.807, 2.05) is 50.2 Å². The maximum atomic E-state index is 12.4. The predicted octanol–water partition coefficient (Wildman–Crippen LogP) is 3.36. The van der Waals surface area contributed by atoms with Crippen LogP contribution in [0.3, 0.4) is 0 Å². The van der Waals surface area contributed by atoms with Crippen LogP contribution < -0.4 is 5.43 Å². The SMILES string of the molecule is CC(C)=NNC(=O)C1CCN1C(c1ccccc1)c1ccccc1. The van der Waals surface area contributed by atoms with Crippen LogP contribution in [0.4, 0.5) is 0 Å². The van der Waals surface area contributed by atoms with Crippen molar-refractivity contribution in [3.8, 4) is 0 Å². The van der Waals surface area contributed by atoms with Crippen molar-refractivity contribution >= 4 is 11.6 Å². The number of rotatable bonds is 5. The Morgan fingerprint density at radius 2 is 1.58 bits per heavy atom. The second-order valence-electron chi connectivity index (χ2n) is 6.30. The molecule has 2 aromatic rings. The molecule has 1 unspecified atom stereocenters. The van der Waals surface area contributed by atoms with Gasteiger partial charge in [-0.2, -0.15) is 5.10 Å². The predicted molar refractivity (Wildman–Crippen MR) is 96.8 cm³/mol. The van der Waals surface area contributed by atoms with E-state index < -0.39 is 0 Å². The van der Waals surface area contributed by atoms with E-state index in [1.165, 1.54) is 11.1 Å². The summed E-state index contributed by atoms with van der Waals surface area (Å²) in [6, 6.07) is 20.7. The molecular weight excluding hydrogens is 298 g/mol. The summed E-state index contributed by atoms with van der Waals surface area (Å²) in [4.78, 5) is 14.7. The number of carbonyl (C=O) groups excluding carboxylic acids is 1. The standard InChI is InChI=1S/C20H23N3O/c1-15(2)21-22-20(24)18-13-14-23(18)19(16-9-5-3-6-10-16)17-11-7-4-8-12-17/h3-12,18-19H,13-14H2,1-2H3,(H,22,24). The fraction of sp³-hybridized carbons (Fsp3) is 0.300. The molecule has 1 heterocycles. The third kappa shape index (κ3) is 3.54. The molecule has 1 aliphatic rings. The van der Waals surface area contributed by atoms with Gasteiger partial charge < -0.3 is 0 Å². The monoisotopic (exact) mass is 321 g/mol. The van der Waals surface area contributed by atoms with Gasteiger partial charge in [-0.15, -0.1) is 0 Å². The Hall–Kier alpha value is -2.46. The molecule has 1 atom stereocenters. The van der Waals surface area contributed by atoms with Crippen molar-refractivity contribution in [3.63, 3.8) is 0 Å². The number of benzene rings is 2. The molecule has 0 radical (unpaired) electrons. The molecular formula is C20H23N3O. The van der Waals surface area contributed by atoms with Gasteiger partial charge in [-0.05, 0) is 31.4 Å². The Bertz CT molecular complexity index is 669. The largest absolute Gasteiger partial charge is 0.281 e. The normalized spacial score (nSPS) is 17.2. The second kappa shape index (κ2) is 7.41. The van der Waals surface area contributed by atoms with E-state index in [-0.39, 0.29) is 18.0 Å². The zero-order chi connectivity index (χ0) is 16.9. The third-order valence-electron chi connectivity index (χ3n) is 4.32. The number of hydrogen-bond donors (Lipinski definition) is 1. The Labute approximate surface area is 143 Å². The highest BCUT2D eigenvalue weighted by Gasteiger charge is 2.39. The van der Waals surface area contributed by atoms with Crippen molar-refractivity contribution in [1.82, 2.24) is 10.3 Å². The minimum atomic E-state index is -0.140. The van der Waals surface area contributed by atoms with Crippen molar-refractivity contribution in [2.75, 3.05) is 6.54 Å². The lowest BCUT2D eigenvalue weighted by Crippen LogP contribution is -2.56. The van der Waals surface area contributed by atoms with Gasteiger partial charge in [-0.3, -0.25) is 9.69 Å². The molecule has 4 heteroatoms. The molecule has 124 valence electrons. The van der Waals surface area contributed by atoms with Crippen LogP contribution in [0.5, 0.6) is 0 Å². The lowest BCUT2D eigenvalue weighted by molar-refractivity contribution is -0.132. The molecule has 0 spiro atoms. The summed E-state index contributed by atoms with van der Waals surface area (Å²) in [6.07, 6.45) is 0.861. The van der Waals surface area contributed by atoms with Gasteiger partial charge in [0.1, 0.15) is 0 Å². The van der Waals surface area contributed by atoms with E-state index in [0.29, 0.717) is 0 Å². The van der Waals surface area contributed by atoms with E-state index in [1.54, 1.807) is 0 Å².